The second-order valence-corrected chi connectivity index (χ2v) is 36.9. The molecule has 0 unspecified atom stereocenters. The summed E-state index contributed by atoms with van der Waals surface area (Å²) in [7, 11) is 13.1. The number of likely N-dealkylation sites (N-methyl/N-ethyl adjacent to an activating group) is 4. The molecule has 5 amide bonds. The summed E-state index contributed by atoms with van der Waals surface area (Å²) in [4.78, 5) is 172. The summed E-state index contributed by atoms with van der Waals surface area (Å²) in [6.45, 7) is 3.09. The van der Waals surface area contributed by atoms with Crippen molar-refractivity contribution in [1.29, 1.82) is 0 Å². The number of ketones is 8. The zero-order valence-electron chi connectivity index (χ0n) is 75.8. The van der Waals surface area contributed by atoms with E-state index in [9.17, 15) is 170 Å². The fourth-order valence-electron chi connectivity index (χ4n) is 22.6. The largest absolute Gasteiger partial charge is 0.508 e. The smallest absolute Gasteiger partial charge is 0.416 e. The maximum atomic E-state index is 14.2. The first kappa shape index (κ1) is 102. The predicted molar refractivity (Wildman–Crippen MR) is 475 cm³/mol. The van der Waals surface area contributed by atoms with E-state index in [0.29, 0.717) is 16.8 Å². The van der Waals surface area contributed by atoms with Crippen LogP contribution in [0.3, 0.4) is 0 Å². The molecule has 0 saturated heterocycles. The SMILES string of the molecule is C=C(c1ccc(O)c2c1C[C@H]1C[C@H]3[C@H](N(C)C)C(=O)C(C(N)=O)=C(O)[C@@]3(O)C(=O)C1=C2O)C(F)(F)F.CN(C)[C@@H]1C(=O)C(C(N)=O)=C(O)[C@@]2(O)C(=O)C3=C(O)c4c(O)ccc(-n5cccn5)c4C[C@H]3C[C@@H]12.CN(C)[C@@H]1C(=O)C(C(N)=O)=C(O)[C@@]2(O)C(=O)C3=C(O)c4c(O)ccc(C(F)=C(F)F)c4C[C@H]3C[C@@H]12.COC(=O)Nc1ccc(O)c2c1C[C@H]1C[C@H]3[C@H](N(C)C)C(=O)C(C(N)=O)=C(O)[C@@]3(O)C(=O)C1=C2O. The number of hydrogen-bond donors (Lipinski definition) is 21. The Balaban J connectivity index is 0.000000150. The molecule has 4 aromatic carbocycles. The van der Waals surface area contributed by atoms with Crippen LogP contribution in [0.1, 0.15) is 81.3 Å². The number of allylic oxidation sites excluding steroid dienone is 1. The summed E-state index contributed by atoms with van der Waals surface area (Å²) in [6, 6.07) is 6.13. The van der Waals surface area contributed by atoms with E-state index in [1.54, 1.807) is 43.3 Å². The number of benzene rings is 4. The highest BCUT2D eigenvalue weighted by Crippen LogP contribution is 2.60. The molecule has 4 fully saturated rings. The first-order valence-corrected chi connectivity index (χ1v) is 43.0. The van der Waals surface area contributed by atoms with Crippen molar-refractivity contribution in [3.63, 3.8) is 0 Å². The van der Waals surface area contributed by atoms with Gasteiger partial charge in [0.2, 0.25) is 23.1 Å². The molecule has 746 valence electrons. The molecule has 25 N–H and O–H groups in total. The lowest BCUT2D eigenvalue weighted by Crippen LogP contribution is -2.65. The molecule has 16 atom stereocenters. The number of ether oxygens (including phenoxy) is 1. The molecule has 1 heterocycles. The maximum Gasteiger partial charge on any atom is 0.416 e. The average Bonchev–Trinajstić information content (AvgIpc) is 0.871. The standard InChI is InChI=1S/C24H23F3N2O7.C24H24N4O7.C23H21F3N2O7.C23H25N3O9/c1-8(24(25,26)27)10-4-5-13(30)15-11(10)6-9-7-12-17(29(2)3)19(32)16(22(28)35)21(34)23(12,36)20(33)14(9)18(15)31;1-27(2)18-12-9-10-8-11-13(28-7-3-6-26-28)4-5-14(29)16(11)19(30)15(10)21(32)24(12,35)22(33)17(20(18)31)23(25)34;1-28(2)16-10-6-7-5-9-8(15(24)21(25)26)3-4-11(29)13(9)17(30)12(7)19(32)23(10,35)20(33)14(18(16)31)22(27)34;1-26(2)16-10-7-8-6-9-11(25-22(33)35-3)4-5-12(27)14(9)17(28)13(8)19(30)23(10,34)20(31)15(18(16)29)21(24)32/h4-5,9,12,17,30-31,34,36H,1,6-7H2,2-3H3,(H2,28,35);3-7,10,12,18,29-30,33,35H,8-9H2,1-2H3,(H2,25,34);3-4,7,10,16,29-30,33,35H,5-6H2,1-2H3,(H2,27,34);4-5,8,10,16,27-28,31,34H,6-7H2,1-3H3,(H2,24,32)(H,25,33)/t9-,12-,17-,23-;10-,12-,18-,24-;7-,10-,16-,23-;8-,10-,16-,23-/m0000/s1. The first-order chi connectivity index (χ1) is 65.6. The van der Waals surface area contributed by atoms with Crippen LogP contribution < -0.4 is 28.3 Å². The topological polar surface area (TPSA) is 702 Å². The predicted octanol–water partition coefficient (Wildman–Crippen LogP) is 3.33. The van der Waals surface area contributed by atoms with Crippen molar-refractivity contribution in [2.45, 2.75) is 104 Å². The number of nitrogens with one attached hydrogen (secondary N) is 1. The zero-order chi connectivity index (χ0) is 105. The van der Waals surface area contributed by atoms with Crippen molar-refractivity contribution in [3.05, 3.63) is 203 Å². The number of methoxy groups -OCH3 is 1. The van der Waals surface area contributed by atoms with Gasteiger partial charge in [0.05, 0.1) is 64.8 Å². The number of phenolic OH excluding ortho intramolecular Hbond substituents is 4. The monoisotopic (exact) mass is 1970 g/mol. The molecular formula is C94H93F6N11O30. The number of carbonyl (C=O) groups excluding carboxylic acids is 13. The highest BCUT2D eigenvalue weighted by Gasteiger charge is 2.70. The van der Waals surface area contributed by atoms with E-state index in [-0.39, 0.29) is 102 Å². The third-order valence-corrected chi connectivity index (χ3v) is 28.6. The Morgan fingerprint density at radius 3 is 0.993 bits per heavy atom. The number of aliphatic hydroxyl groups is 12. The van der Waals surface area contributed by atoms with Gasteiger partial charge in [0.1, 0.15) is 91.4 Å². The number of fused-ring (bicyclic) bond motifs is 12. The van der Waals surface area contributed by atoms with Gasteiger partial charge in [-0.1, -0.05) is 12.6 Å². The number of halogens is 6. The van der Waals surface area contributed by atoms with E-state index in [1.807, 2.05) is 0 Å². The molecule has 41 nitrogen and oxygen atoms in total. The minimum atomic E-state index is -4.82. The average molecular weight is 1970 g/mol. The van der Waals surface area contributed by atoms with Gasteiger partial charge in [-0.15, -0.1) is 0 Å². The van der Waals surface area contributed by atoms with E-state index in [1.165, 1.54) is 87.2 Å². The van der Waals surface area contributed by atoms with Gasteiger partial charge in [0.15, 0.2) is 51.4 Å². The van der Waals surface area contributed by atoms with Crippen LogP contribution >= 0.6 is 0 Å². The van der Waals surface area contributed by atoms with Gasteiger partial charge >= 0.3 is 18.4 Å². The number of aromatic nitrogens is 2. The molecule has 141 heavy (non-hydrogen) atoms. The summed E-state index contributed by atoms with van der Waals surface area (Å²) < 4.78 is 86.9. The minimum Gasteiger partial charge on any atom is -0.508 e. The number of alkyl halides is 3. The van der Waals surface area contributed by atoms with Crippen LogP contribution in [0.15, 0.2) is 147 Å². The molecule has 0 aliphatic heterocycles. The van der Waals surface area contributed by atoms with Gasteiger partial charge in [-0.25, -0.2) is 13.9 Å². The number of aliphatic hydroxyl groups excluding tert-OH is 8. The number of amides is 5. The number of rotatable bonds is 12. The normalized spacial score (nSPS) is 28.0. The summed E-state index contributed by atoms with van der Waals surface area (Å²) in [5.74, 6) is -33.3. The summed E-state index contributed by atoms with van der Waals surface area (Å²) >= 11 is 0. The van der Waals surface area contributed by atoms with Crippen molar-refractivity contribution in [2.24, 2.45) is 70.3 Å². The van der Waals surface area contributed by atoms with Crippen LogP contribution in [-0.2, 0) is 88.0 Å². The fraction of sp³-hybridized carbons (Fsp3) is 0.362. The van der Waals surface area contributed by atoms with Gasteiger partial charge < -0.3 is 109 Å². The minimum absolute atomic E-state index is 0.0225. The molecule has 17 rings (SSSR count). The van der Waals surface area contributed by atoms with Crippen molar-refractivity contribution in [3.8, 4) is 28.7 Å². The van der Waals surface area contributed by atoms with Gasteiger partial charge in [-0.2, -0.15) is 27.1 Å². The quantitative estimate of drug-likeness (QED) is 0.0484. The molecule has 0 bridgehead atoms. The maximum absolute atomic E-state index is 14.2. The number of nitrogens with two attached hydrogens (primary N) is 4. The number of anilines is 1. The third kappa shape index (κ3) is 15.2. The first-order valence-electron chi connectivity index (χ1n) is 43.0. The molecule has 12 aliphatic carbocycles. The van der Waals surface area contributed by atoms with Crippen molar-refractivity contribution in [2.75, 3.05) is 68.8 Å². The highest BCUT2D eigenvalue weighted by atomic mass is 19.4. The Kier molecular flexibility index (Phi) is 25.7. The zero-order valence-corrected chi connectivity index (χ0v) is 75.8. The Labute approximate surface area is 792 Å². The lowest BCUT2D eigenvalue weighted by molar-refractivity contribution is -0.155. The van der Waals surface area contributed by atoms with E-state index in [2.05, 4.69) is 21.7 Å². The van der Waals surface area contributed by atoms with Crippen LogP contribution in [0.2, 0.25) is 0 Å². The second kappa shape index (κ2) is 35.6. The van der Waals surface area contributed by atoms with Crippen LogP contribution in [-0.4, -0.2) is 303 Å². The summed E-state index contributed by atoms with van der Waals surface area (Å²) in [5, 5.41) is 182. The lowest BCUT2D eigenvalue weighted by atomic mass is 9.57. The fourth-order valence-corrected chi connectivity index (χ4v) is 22.6. The molecule has 0 radical (unpaired) electrons. The Hall–Kier alpha value is -15.1. The number of Topliss-reactive ketones (excluding diaryl/α,β-unsaturated/α-hetero) is 8. The highest BCUT2D eigenvalue weighted by molar-refractivity contribution is 6.28. The van der Waals surface area contributed by atoms with Gasteiger partial charge in [0.25, 0.3) is 23.6 Å². The van der Waals surface area contributed by atoms with E-state index in [4.69, 9.17) is 22.9 Å². The van der Waals surface area contributed by atoms with E-state index >= 15 is 0 Å². The number of primary amides is 4. The van der Waals surface area contributed by atoms with Crippen molar-refractivity contribution in [1.82, 2.24) is 29.4 Å². The van der Waals surface area contributed by atoms with Gasteiger partial charge in [0, 0.05) is 69.6 Å². The van der Waals surface area contributed by atoms with Crippen LogP contribution in [0.4, 0.5) is 36.8 Å². The summed E-state index contributed by atoms with van der Waals surface area (Å²) in [5.41, 5.74) is 3.22. The number of aromatic hydroxyl groups is 4. The number of nitrogens with zero attached hydrogens (tertiary/aromatic N) is 6. The Bertz CT molecular complexity index is 6810. The number of hydrogen-bond acceptors (Lipinski definition) is 35. The van der Waals surface area contributed by atoms with Gasteiger partial charge in [-0.3, -0.25) is 82.5 Å². The van der Waals surface area contributed by atoms with Crippen LogP contribution in [0.25, 0.3) is 40.1 Å². The molecule has 12 aliphatic rings. The Morgan fingerprint density at radius 2 is 0.709 bits per heavy atom. The Morgan fingerprint density at radius 1 is 0.433 bits per heavy atom. The number of phenols is 4. The molecule has 4 saturated carbocycles. The van der Waals surface area contributed by atoms with E-state index < -0.39 is 307 Å². The van der Waals surface area contributed by atoms with Crippen molar-refractivity contribution >= 4 is 116 Å². The van der Waals surface area contributed by atoms with Gasteiger partial charge in [-0.05, 0) is 208 Å². The molecule has 0 spiro atoms. The molecule has 1 aromatic heterocycles. The van der Waals surface area contributed by atoms with Crippen LogP contribution in [0, 0.1) is 47.3 Å². The van der Waals surface area contributed by atoms with Crippen LogP contribution in [0.5, 0.6) is 23.0 Å². The molecule has 47 heteroatoms. The third-order valence-electron chi connectivity index (χ3n) is 28.6. The molecular weight excluding hydrogens is 1880 g/mol. The van der Waals surface area contributed by atoms with E-state index in [0.717, 1.165) is 24.3 Å². The molecule has 5 aromatic rings. The lowest BCUT2D eigenvalue weighted by Gasteiger charge is -2.50. The second-order valence-electron chi connectivity index (χ2n) is 36.9. The summed E-state index contributed by atoms with van der Waals surface area (Å²) in [6.07, 6.45) is -5.81. The van der Waals surface area contributed by atoms with Crippen molar-refractivity contribution < 1.29 is 175 Å². The number of carbonyl (C=O) groups is 13.